The van der Waals surface area contributed by atoms with E-state index in [2.05, 4.69) is 31.7 Å². The molecule has 8 heteroatoms. The first-order valence-corrected chi connectivity index (χ1v) is 10.3. The van der Waals surface area contributed by atoms with Gasteiger partial charge in [-0.3, -0.25) is 0 Å². The van der Waals surface area contributed by atoms with Crippen LogP contribution >= 0.6 is 0 Å². The van der Waals surface area contributed by atoms with Gasteiger partial charge in [-0.1, -0.05) is 0 Å². The smallest absolute Gasteiger partial charge is 0.209 e. The molecule has 0 unspecified atom stereocenters. The van der Waals surface area contributed by atoms with Crippen molar-refractivity contribution in [3.63, 3.8) is 0 Å². The zero-order valence-corrected chi connectivity index (χ0v) is 14.5. The molecule has 2 aromatic heterocycles. The van der Waals surface area contributed by atoms with Gasteiger partial charge in [-0.15, -0.1) is 0 Å². The molecular weight excluding hydrogens is 326 g/mol. The van der Waals surface area contributed by atoms with Gasteiger partial charge in [0.1, 0.15) is 17.8 Å². The standard InChI is InChI=1S/C16H23N5O2S/c17-24(22,23)10-6-12-3-7-20(8-4-12)15-14-5-9-21(13-1-2-13)16(14)19-11-18-15/h5,9,11-13H,1-4,6-8,10H2,(H2,17,22,23). The van der Waals surface area contributed by atoms with E-state index < -0.39 is 10.0 Å². The van der Waals surface area contributed by atoms with Gasteiger partial charge in [-0.25, -0.2) is 23.5 Å². The molecule has 2 fully saturated rings. The first-order chi connectivity index (χ1) is 11.5. The van der Waals surface area contributed by atoms with E-state index in [1.807, 2.05) is 0 Å². The van der Waals surface area contributed by atoms with E-state index >= 15 is 0 Å². The summed E-state index contributed by atoms with van der Waals surface area (Å²) in [6.07, 6.45) is 8.86. The monoisotopic (exact) mass is 349 g/mol. The molecule has 0 bridgehead atoms. The maximum absolute atomic E-state index is 11.1. The topological polar surface area (TPSA) is 94.1 Å². The highest BCUT2D eigenvalue weighted by atomic mass is 32.2. The van der Waals surface area contributed by atoms with Crippen molar-refractivity contribution in [3.8, 4) is 0 Å². The molecule has 0 atom stereocenters. The minimum absolute atomic E-state index is 0.0830. The van der Waals surface area contributed by atoms with Crippen molar-refractivity contribution in [3.05, 3.63) is 18.6 Å². The van der Waals surface area contributed by atoms with Crippen molar-refractivity contribution in [1.29, 1.82) is 0 Å². The summed E-state index contributed by atoms with van der Waals surface area (Å²) in [5, 5.41) is 6.23. The molecule has 7 nitrogen and oxygen atoms in total. The molecule has 1 aliphatic heterocycles. The van der Waals surface area contributed by atoms with Crippen LogP contribution in [0.15, 0.2) is 18.6 Å². The van der Waals surface area contributed by atoms with E-state index in [1.54, 1.807) is 6.33 Å². The Labute approximate surface area is 141 Å². The van der Waals surface area contributed by atoms with Crippen LogP contribution < -0.4 is 10.0 Å². The van der Waals surface area contributed by atoms with Crippen LogP contribution in [-0.4, -0.2) is 41.8 Å². The van der Waals surface area contributed by atoms with Crippen LogP contribution in [0, 0.1) is 5.92 Å². The van der Waals surface area contributed by atoms with E-state index in [0.717, 1.165) is 42.8 Å². The number of nitrogens with two attached hydrogens (primary N) is 1. The Balaban J connectivity index is 1.47. The Hall–Kier alpha value is -1.67. The number of nitrogens with zero attached hydrogens (tertiary/aromatic N) is 4. The average molecular weight is 349 g/mol. The summed E-state index contributed by atoms with van der Waals surface area (Å²) in [5.41, 5.74) is 1.03. The normalized spacial score (nSPS) is 20.0. The molecule has 2 aliphatic rings. The Morgan fingerprint density at radius 2 is 1.92 bits per heavy atom. The van der Waals surface area contributed by atoms with Gasteiger partial charge in [-0.05, 0) is 44.1 Å². The number of anilines is 1. The van der Waals surface area contributed by atoms with Crippen molar-refractivity contribution in [2.75, 3.05) is 23.7 Å². The van der Waals surface area contributed by atoms with Crippen molar-refractivity contribution >= 4 is 26.9 Å². The first kappa shape index (κ1) is 15.8. The second-order valence-corrected chi connectivity index (χ2v) is 8.71. The maximum atomic E-state index is 11.1. The second kappa shape index (κ2) is 6.00. The molecular formula is C16H23N5O2S. The van der Waals surface area contributed by atoms with Gasteiger partial charge in [0.25, 0.3) is 0 Å². The third-order valence-electron chi connectivity index (χ3n) is 5.15. The lowest BCUT2D eigenvalue weighted by Crippen LogP contribution is -2.35. The van der Waals surface area contributed by atoms with Gasteiger partial charge in [0, 0.05) is 25.3 Å². The summed E-state index contributed by atoms with van der Waals surface area (Å²) in [6, 6.07) is 2.73. The first-order valence-electron chi connectivity index (χ1n) is 8.58. The van der Waals surface area contributed by atoms with Gasteiger partial charge < -0.3 is 9.47 Å². The van der Waals surface area contributed by atoms with Crippen LogP contribution in [-0.2, 0) is 10.0 Å². The summed E-state index contributed by atoms with van der Waals surface area (Å²) in [5.74, 6) is 1.51. The predicted octanol–water partition coefficient (Wildman–Crippen LogP) is 1.66. The number of primary sulfonamides is 1. The third-order valence-corrected chi connectivity index (χ3v) is 5.96. The quantitative estimate of drug-likeness (QED) is 0.886. The van der Waals surface area contributed by atoms with Gasteiger partial charge in [0.2, 0.25) is 10.0 Å². The lowest BCUT2D eigenvalue weighted by atomic mass is 9.94. The number of hydrogen-bond donors (Lipinski definition) is 1. The fraction of sp³-hybridized carbons (Fsp3) is 0.625. The molecule has 1 saturated carbocycles. The predicted molar refractivity (Wildman–Crippen MR) is 93.3 cm³/mol. The van der Waals surface area contributed by atoms with E-state index in [4.69, 9.17) is 5.14 Å². The number of sulfonamides is 1. The van der Waals surface area contributed by atoms with Crippen LogP contribution in [0.3, 0.4) is 0 Å². The summed E-state index contributed by atoms with van der Waals surface area (Å²) < 4.78 is 24.5. The van der Waals surface area contributed by atoms with E-state index in [0.29, 0.717) is 18.4 Å². The number of piperidine rings is 1. The van der Waals surface area contributed by atoms with Crippen molar-refractivity contribution in [2.24, 2.45) is 11.1 Å². The highest BCUT2D eigenvalue weighted by Gasteiger charge is 2.27. The fourth-order valence-corrected chi connectivity index (χ4v) is 4.28. The van der Waals surface area contributed by atoms with Crippen LogP contribution in [0.4, 0.5) is 5.82 Å². The van der Waals surface area contributed by atoms with Crippen molar-refractivity contribution < 1.29 is 8.42 Å². The van der Waals surface area contributed by atoms with Gasteiger partial charge in [0.15, 0.2) is 0 Å². The molecule has 0 spiro atoms. The summed E-state index contributed by atoms with van der Waals surface area (Å²) in [7, 11) is -3.35. The summed E-state index contributed by atoms with van der Waals surface area (Å²) in [4.78, 5) is 11.3. The second-order valence-electron chi connectivity index (χ2n) is 6.97. The van der Waals surface area contributed by atoms with Gasteiger partial charge in [-0.2, -0.15) is 0 Å². The Morgan fingerprint density at radius 3 is 2.58 bits per heavy atom. The van der Waals surface area contributed by atoms with E-state index in [-0.39, 0.29) is 5.75 Å². The minimum atomic E-state index is -3.35. The SMILES string of the molecule is NS(=O)(=O)CCC1CCN(c2ncnc3c2ccn3C2CC2)CC1. The van der Waals surface area contributed by atoms with Crippen molar-refractivity contribution in [2.45, 2.75) is 38.1 Å². The van der Waals surface area contributed by atoms with Crippen LogP contribution in [0.5, 0.6) is 0 Å². The molecule has 1 aliphatic carbocycles. The summed E-state index contributed by atoms with van der Waals surface area (Å²) in [6.45, 7) is 1.80. The Bertz CT molecular complexity index is 835. The minimum Gasteiger partial charge on any atom is -0.356 e. The van der Waals surface area contributed by atoms with Gasteiger partial charge in [0.05, 0.1) is 11.1 Å². The Morgan fingerprint density at radius 1 is 1.17 bits per heavy atom. The largest absolute Gasteiger partial charge is 0.356 e. The third kappa shape index (κ3) is 3.25. The molecule has 0 amide bonds. The van der Waals surface area contributed by atoms with Crippen LogP contribution in [0.2, 0.25) is 0 Å². The van der Waals surface area contributed by atoms with Crippen molar-refractivity contribution in [1.82, 2.24) is 14.5 Å². The molecule has 0 radical (unpaired) electrons. The highest BCUT2D eigenvalue weighted by molar-refractivity contribution is 7.89. The maximum Gasteiger partial charge on any atom is 0.209 e. The van der Waals surface area contributed by atoms with E-state index in [9.17, 15) is 8.42 Å². The molecule has 4 rings (SSSR count). The lowest BCUT2D eigenvalue weighted by Gasteiger charge is -2.33. The average Bonchev–Trinajstić information content (AvgIpc) is 3.31. The fourth-order valence-electron chi connectivity index (χ4n) is 3.62. The van der Waals surface area contributed by atoms with Crippen LogP contribution in [0.1, 0.15) is 38.1 Å². The molecule has 3 heterocycles. The molecule has 2 aromatic rings. The zero-order valence-electron chi connectivity index (χ0n) is 13.6. The molecule has 130 valence electrons. The molecule has 2 N–H and O–H groups in total. The number of rotatable bonds is 5. The zero-order chi connectivity index (χ0) is 16.7. The number of hydrogen-bond acceptors (Lipinski definition) is 5. The molecule has 1 saturated heterocycles. The number of fused-ring (bicyclic) bond motifs is 1. The molecule has 24 heavy (non-hydrogen) atoms. The van der Waals surface area contributed by atoms with Crippen LogP contribution in [0.25, 0.3) is 11.0 Å². The lowest BCUT2D eigenvalue weighted by molar-refractivity contribution is 0.394. The Kier molecular flexibility index (Phi) is 3.96. The molecule has 0 aromatic carbocycles. The highest BCUT2D eigenvalue weighted by Crippen LogP contribution is 2.38. The van der Waals surface area contributed by atoms with E-state index in [1.165, 1.54) is 12.8 Å². The van der Waals surface area contributed by atoms with Gasteiger partial charge >= 0.3 is 0 Å². The summed E-state index contributed by atoms with van der Waals surface area (Å²) >= 11 is 0. The number of aromatic nitrogens is 3.